The molecule has 0 bridgehead atoms. The summed E-state index contributed by atoms with van der Waals surface area (Å²) in [5, 5.41) is 57.3. The molecule has 0 aliphatic rings. The van der Waals surface area contributed by atoms with E-state index in [0.717, 1.165) is 12.8 Å². The molecule has 0 aromatic rings. The molecule has 1 atom stereocenters. The summed E-state index contributed by atoms with van der Waals surface area (Å²) >= 11 is 0. The molecule has 0 rings (SSSR count). The van der Waals surface area contributed by atoms with Gasteiger partial charge in [0.2, 0.25) is 0 Å². The van der Waals surface area contributed by atoms with Crippen LogP contribution >= 0.6 is 0 Å². The van der Waals surface area contributed by atoms with Crippen molar-refractivity contribution < 1.29 is 40.5 Å². The maximum Gasteiger partial charge on any atom is 0.303 e. The second kappa shape index (κ2) is 41.2. The summed E-state index contributed by atoms with van der Waals surface area (Å²) in [6, 6.07) is 0. The van der Waals surface area contributed by atoms with Crippen LogP contribution in [0.5, 0.6) is 0 Å². The lowest BCUT2D eigenvalue weighted by atomic mass is 9.91. The van der Waals surface area contributed by atoms with Crippen molar-refractivity contribution in [3.63, 3.8) is 0 Å². The molecular weight excluding hydrogens is 548 g/mol. The fourth-order valence-corrected chi connectivity index (χ4v) is 4.91. The molecule has 262 valence electrons. The topological polar surface area (TPSA) is 159 Å². The quantitative estimate of drug-likeness (QED) is 0.0416. The summed E-state index contributed by atoms with van der Waals surface area (Å²) in [6.07, 6.45) is 30.8. The first-order valence-corrected chi connectivity index (χ1v) is 17.8. The Morgan fingerprint density at radius 2 is 0.674 bits per heavy atom. The highest BCUT2D eigenvalue weighted by Gasteiger charge is 2.12. The summed E-state index contributed by atoms with van der Waals surface area (Å²) in [5.41, 5.74) is 0. The van der Waals surface area contributed by atoms with E-state index in [2.05, 4.69) is 13.8 Å². The Hall–Kier alpha value is -0.770. The number of aliphatic carboxylic acids is 1. The van der Waals surface area contributed by atoms with Crippen molar-refractivity contribution in [1.82, 2.24) is 0 Å². The molecule has 0 aromatic carbocycles. The average Bonchev–Trinajstić information content (AvgIpc) is 3.01. The van der Waals surface area contributed by atoms with Gasteiger partial charge in [-0.3, -0.25) is 4.79 Å². The third-order valence-corrected chi connectivity index (χ3v) is 7.74. The molecule has 0 heterocycles. The van der Waals surface area contributed by atoms with Crippen LogP contribution in [0.25, 0.3) is 0 Å². The Bertz CT molecular complexity index is 488. The van der Waals surface area contributed by atoms with E-state index in [9.17, 15) is 9.90 Å². The number of unbranched alkanes of at least 4 members (excludes halogenated alkanes) is 20. The van der Waals surface area contributed by atoms with Gasteiger partial charge in [-0.1, -0.05) is 155 Å². The molecule has 0 spiro atoms. The van der Waals surface area contributed by atoms with Crippen LogP contribution in [0.1, 0.15) is 174 Å². The first-order valence-electron chi connectivity index (χ1n) is 17.8. The summed E-state index contributed by atoms with van der Waals surface area (Å²) in [4.78, 5) is 11.2. The standard InChI is InChI=1S/C29H58O2.2C3H8O3/c1-3-5-7-9-11-13-15-16-18-20-22-24-26-28(27-29(30)31)25-23-21-19-17-14-12-10-8-6-4-2;2*4-1-3(6)2-5/h28H,3-27H2,1-2H3,(H,30,31);2*3-6H,1-2H2. The van der Waals surface area contributed by atoms with Gasteiger partial charge in [-0.25, -0.2) is 0 Å². The molecule has 0 radical (unpaired) electrons. The molecule has 0 aliphatic carbocycles. The van der Waals surface area contributed by atoms with Gasteiger partial charge in [0.1, 0.15) is 12.2 Å². The first kappa shape index (κ1) is 46.6. The van der Waals surface area contributed by atoms with Crippen LogP contribution in [0.3, 0.4) is 0 Å². The van der Waals surface area contributed by atoms with Gasteiger partial charge in [-0.05, 0) is 18.8 Å². The molecule has 0 aliphatic heterocycles. The monoisotopic (exact) mass is 623 g/mol. The van der Waals surface area contributed by atoms with Gasteiger partial charge in [0.25, 0.3) is 0 Å². The molecule has 0 saturated carbocycles. The zero-order valence-electron chi connectivity index (χ0n) is 28.3. The molecule has 0 saturated heterocycles. The van der Waals surface area contributed by atoms with Gasteiger partial charge in [0, 0.05) is 6.42 Å². The fraction of sp³-hybridized carbons (Fsp3) is 0.971. The summed E-state index contributed by atoms with van der Waals surface area (Å²) in [6.45, 7) is 3.09. The zero-order chi connectivity index (χ0) is 32.8. The molecule has 8 nitrogen and oxygen atoms in total. The highest BCUT2D eigenvalue weighted by atomic mass is 16.4. The molecule has 0 fully saturated rings. The van der Waals surface area contributed by atoms with E-state index in [1.54, 1.807) is 0 Å². The van der Waals surface area contributed by atoms with Gasteiger partial charge in [-0.2, -0.15) is 0 Å². The summed E-state index contributed by atoms with van der Waals surface area (Å²) < 4.78 is 0. The maximum atomic E-state index is 11.2. The smallest absolute Gasteiger partial charge is 0.303 e. The lowest BCUT2D eigenvalue weighted by Gasteiger charge is -2.14. The number of carboxylic acid groups (broad SMARTS) is 1. The van der Waals surface area contributed by atoms with Crippen molar-refractivity contribution >= 4 is 5.97 Å². The first-order chi connectivity index (χ1) is 20.8. The number of hydrogen-bond donors (Lipinski definition) is 7. The van der Waals surface area contributed by atoms with E-state index < -0.39 is 18.2 Å². The van der Waals surface area contributed by atoms with Crippen molar-refractivity contribution in [2.45, 2.75) is 187 Å². The predicted molar refractivity (Wildman–Crippen MR) is 178 cm³/mol. The fourth-order valence-electron chi connectivity index (χ4n) is 4.91. The van der Waals surface area contributed by atoms with E-state index in [1.807, 2.05) is 0 Å². The van der Waals surface area contributed by atoms with Crippen LogP contribution in [0.4, 0.5) is 0 Å². The number of aliphatic hydroxyl groups is 6. The second-order valence-corrected chi connectivity index (χ2v) is 12.2. The molecule has 0 amide bonds. The highest BCUT2D eigenvalue weighted by Crippen LogP contribution is 2.22. The second-order valence-electron chi connectivity index (χ2n) is 12.2. The van der Waals surface area contributed by atoms with Crippen molar-refractivity contribution in [3.8, 4) is 0 Å². The number of aliphatic hydroxyl groups excluding tert-OH is 6. The predicted octanol–water partition coefficient (Wildman–Crippen LogP) is 7.14. The molecule has 43 heavy (non-hydrogen) atoms. The van der Waals surface area contributed by atoms with E-state index in [0.29, 0.717) is 12.3 Å². The van der Waals surface area contributed by atoms with Crippen LogP contribution in [0.2, 0.25) is 0 Å². The molecule has 0 aromatic heterocycles. The summed E-state index contributed by atoms with van der Waals surface area (Å²) in [5.74, 6) is -0.189. The molecular formula is C35H74O8. The van der Waals surface area contributed by atoms with Crippen LogP contribution < -0.4 is 0 Å². The van der Waals surface area contributed by atoms with E-state index in [1.165, 1.54) is 141 Å². The Balaban J connectivity index is -0.00000111. The van der Waals surface area contributed by atoms with Crippen LogP contribution in [-0.4, -0.2) is 80.4 Å². The van der Waals surface area contributed by atoms with Crippen LogP contribution in [0.15, 0.2) is 0 Å². The van der Waals surface area contributed by atoms with Gasteiger partial charge < -0.3 is 35.7 Å². The van der Waals surface area contributed by atoms with Crippen LogP contribution in [-0.2, 0) is 4.79 Å². The zero-order valence-corrected chi connectivity index (χ0v) is 28.3. The minimum atomic E-state index is -0.954. The van der Waals surface area contributed by atoms with Gasteiger partial charge in [0.05, 0.1) is 26.4 Å². The number of rotatable bonds is 30. The lowest BCUT2D eigenvalue weighted by Crippen LogP contribution is -2.15. The maximum absolute atomic E-state index is 11.2. The van der Waals surface area contributed by atoms with E-state index in [-0.39, 0.29) is 26.4 Å². The normalized spacial score (nSPS) is 11.7. The van der Waals surface area contributed by atoms with Crippen molar-refractivity contribution in [3.05, 3.63) is 0 Å². The third kappa shape index (κ3) is 45.8. The number of carboxylic acids is 1. The SMILES string of the molecule is CCCCCCCCCCCCCCC(CCCCCCCCCCCC)CC(=O)O.OCC(O)CO.OCC(O)CO. The van der Waals surface area contributed by atoms with Gasteiger partial charge >= 0.3 is 5.97 Å². The summed E-state index contributed by atoms with van der Waals surface area (Å²) in [7, 11) is 0. The highest BCUT2D eigenvalue weighted by molar-refractivity contribution is 5.66. The molecule has 8 heteroatoms. The Kier molecular flexibility index (Phi) is 44.7. The van der Waals surface area contributed by atoms with Gasteiger partial charge in [-0.15, -0.1) is 0 Å². The van der Waals surface area contributed by atoms with Gasteiger partial charge in [0.15, 0.2) is 0 Å². The molecule has 1 unspecified atom stereocenters. The van der Waals surface area contributed by atoms with E-state index in [4.69, 9.17) is 30.6 Å². The Labute approximate surface area is 265 Å². The minimum absolute atomic E-state index is 0.365. The van der Waals surface area contributed by atoms with Crippen molar-refractivity contribution in [2.24, 2.45) is 5.92 Å². The van der Waals surface area contributed by atoms with Crippen LogP contribution in [0, 0.1) is 5.92 Å². The largest absolute Gasteiger partial charge is 0.481 e. The third-order valence-electron chi connectivity index (χ3n) is 7.74. The Morgan fingerprint density at radius 1 is 0.442 bits per heavy atom. The lowest BCUT2D eigenvalue weighted by molar-refractivity contribution is -0.138. The number of carbonyl (C=O) groups is 1. The minimum Gasteiger partial charge on any atom is -0.481 e. The van der Waals surface area contributed by atoms with E-state index >= 15 is 0 Å². The molecule has 7 N–H and O–H groups in total. The van der Waals surface area contributed by atoms with Crippen molar-refractivity contribution in [1.29, 1.82) is 0 Å². The Morgan fingerprint density at radius 3 is 0.860 bits per heavy atom. The van der Waals surface area contributed by atoms with Crippen molar-refractivity contribution in [2.75, 3.05) is 26.4 Å². The average molecular weight is 623 g/mol. The number of hydrogen-bond acceptors (Lipinski definition) is 7.